The van der Waals surface area contributed by atoms with E-state index >= 15 is 0 Å². The van der Waals surface area contributed by atoms with E-state index in [2.05, 4.69) is 22.0 Å². The number of carbonyl (C=O) groups is 1. The summed E-state index contributed by atoms with van der Waals surface area (Å²) in [5.41, 5.74) is 0.317. The first-order valence-electron chi connectivity index (χ1n) is 7.31. The summed E-state index contributed by atoms with van der Waals surface area (Å²) in [4.78, 5) is 15.8. The molecular weight excluding hydrogens is 297 g/mol. The maximum absolute atomic E-state index is 12.1. The van der Waals surface area contributed by atoms with Crippen molar-refractivity contribution in [3.8, 4) is 5.88 Å². The maximum Gasteiger partial charge on any atom is 0.422 e. The lowest BCUT2D eigenvalue weighted by Crippen LogP contribution is -2.41. The second-order valence-corrected chi connectivity index (χ2v) is 5.63. The maximum atomic E-state index is 12.1. The van der Waals surface area contributed by atoms with Crippen molar-refractivity contribution in [1.29, 1.82) is 0 Å². The smallest absolute Gasteiger partial charge is 0.422 e. The van der Waals surface area contributed by atoms with Crippen LogP contribution >= 0.6 is 0 Å². The molecule has 4 nitrogen and oxygen atoms in total. The van der Waals surface area contributed by atoms with E-state index in [4.69, 9.17) is 0 Å². The minimum absolute atomic E-state index is 0.141. The van der Waals surface area contributed by atoms with Gasteiger partial charge in [-0.3, -0.25) is 4.79 Å². The van der Waals surface area contributed by atoms with Gasteiger partial charge in [0, 0.05) is 18.3 Å². The number of pyridine rings is 1. The van der Waals surface area contributed by atoms with E-state index in [-0.39, 0.29) is 17.8 Å². The average molecular weight is 316 g/mol. The number of hydrogen-bond acceptors (Lipinski definition) is 3. The third kappa shape index (κ3) is 4.89. The fourth-order valence-electron chi connectivity index (χ4n) is 2.54. The lowest BCUT2D eigenvalue weighted by molar-refractivity contribution is -0.154. The van der Waals surface area contributed by atoms with Gasteiger partial charge in [0.25, 0.3) is 5.91 Å². The van der Waals surface area contributed by atoms with Crippen molar-refractivity contribution >= 4 is 5.91 Å². The van der Waals surface area contributed by atoms with E-state index in [9.17, 15) is 18.0 Å². The zero-order valence-electron chi connectivity index (χ0n) is 12.3. The van der Waals surface area contributed by atoms with Crippen molar-refractivity contribution in [2.75, 3.05) is 6.61 Å². The molecule has 122 valence electrons. The van der Waals surface area contributed by atoms with Crippen LogP contribution in [0, 0.1) is 5.92 Å². The van der Waals surface area contributed by atoms with Crippen molar-refractivity contribution in [2.45, 2.75) is 44.8 Å². The van der Waals surface area contributed by atoms with Crippen LogP contribution in [0.1, 0.15) is 43.0 Å². The van der Waals surface area contributed by atoms with Crippen molar-refractivity contribution in [1.82, 2.24) is 10.3 Å². The molecule has 1 amide bonds. The van der Waals surface area contributed by atoms with Gasteiger partial charge in [0.15, 0.2) is 6.61 Å². The standard InChI is InChI=1S/C15H19F3N2O2/c1-10-4-2-3-5-12(10)20-14(21)11-6-7-13(19-8-11)22-9-15(16,17)18/h6-8,10,12H,2-5,9H2,1H3,(H,20,21). The number of carbonyl (C=O) groups excluding carboxylic acids is 1. The molecule has 1 saturated carbocycles. The van der Waals surface area contributed by atoms with E-state index in [1.54, 1.807) is 0 Å². The molecule has 2 unspecified atom stereocenters. The third-order valence-electron chi connectivity index (χ3n) is 3.81. The van der Waals surface area contributed by atoms with Crippen LogP contribution in [0.4, 0.5) is 13.2 Å². The summed E-state index contributed by atoms with van der Waals surface area (Å²) >= 11 is 0. The fraction of sp³-hybridized carbons (Fsp3) is 0.600. The minimum atomic E-state index is -4.41. The molecule has 0 bridgehead atoms. The Morgan fingerprint density at radius 1 is 1.36 bits per heavy atom. The van der Waals surface area contributed by atoms with E-state index in [1.165, 1.54) is 24.8 Å². The number of hydrogen-bond donors (Lipinski definition) is 1. The summed E-state index contributed by atoms with van der Waals surface area (Å²) in [5, 5.41) is 2.96. The van der Waals surface area contributed by atoms with Crippen LogP contribution in [0.15, 0.2) is 18.3 Å². The number of nitrogens with zero attached hydrogens (tertiary/aromatic N) is 1. The zero-order valence-corrected chi connectivity index (χ0v) is 12.3. The molecule has 2 rings (SSSR count). The van der Waals surface area contributed by atoms with Crippen molar-refractivity contribution < 1.29 is 22.7 Å². The molecule has 1 heterocycles. The van der Waals surface area contributed by atoms with Crippen LogP contribution in [-0.2, 0) is 0 Å². The second kappa shape index (κ2) is 6.98. The van der Waals surface area contributed by atoms with Crippen molar-refractivity contribution in [2.24, 2.45) is 5.92 Å². The first-order chi connectivity index (χ1) is 10.3. The molecule has 1 aromatic rings. The minimum Gasteiger partial charge on any atom is -0.468 e. The molecule has 0 spiro atoms. The van der Waals surface area contributed by atoms with Gasteiger partial charge in [-0.2, -0.15) is 13.2 Å². The molecule has 1 aromatic heterocycles. The molecular formula is C15H19F3N2O2. The van der Waals surface area contributed by atoms with Crippen LogP contribution in [0.25, 0.3) is 0 Å². The van der Waals surface area contributed by atoms with Crippen molar-refractivity contribution in [3.05, 3.63) is 23.9 Å². The number of halogens is 3. The largest absolute Gasteiger partial charge is 0.468 e. The number of rotatable bonds is 4. The molecule has 0 saturated heterocycles. The Kier molecular flexibility index (Phi) is 5.26. The van der Waals surface area contributed by atoms with Gasteiger partial charge in [-0.25, -0.2) is 4.98 Å². The van der Waals surface area contributed by atoms with Crippen molar-refractivity contribution in [3.63, 3.8) is 0 Å². The van der Waals surface area contributed by atoms with Gasteiger partial charge >= 0.3 is 6.18 Å². The highest BCUT2D eigenvalue weighted by atomic mass is 19.4. The Morgan fingerprint density at radius 3 is 2.68 bits per heavy atom. The third-order valence-corrected chi connectivity index (χ3v) is 3.81. The second-order valence-electron chi connectivity index (χ2n) is 5.63. The lowest BCUT2D eigenvalue weighted by Gasteiger charge is -2.29. The summed E-state index contributed by atoms with van der Waals surface area (Å²) in [6, 6.07) is 2.83. The van der Waals surface area contributed by atoms with Gasteiger partial charge in [0.1, 0.15) is 0 Å². The van der Waals surface area contributed by atoms with Gasteiger partial charge < -0.3 is 10.1 Å². The van der Waals surface area contributed by atoms with E-state index in [1.807, 2.05) is 0 Å². The first-order valence-corrected chi connectivity index (χ1v) is 7.31. The molecule has 22 heavy (non-hydrogen) atoms. The Hall–Kier alpha value is -1.79. The first kappa shape index (κ1) is 16.6. The van der Waals surface area contributed by atoms with Crippen LogP contribution in [0.3, 0.4) is 0 Å². The lowest BCUT2D eigenvalue weighted by atomic mass is 9.86. The summed E-state index contributed by atoms with van der Waals surface area (Å²) < 4.78 is 40.6. The number of alkyl halides is 3. The topological polar surface area (TPSA) is 51.2 Å². The summed E-state index contributed by atoms with van der Waals surface area (Å²) in [6.07, 6.45) is 1.14. The average Bonchev–Trinajstić information content (AvgIpc) is 2.47. The number of nitrogens with one attached hydrogen (secondary N) is 1. The molecule has 1 fully saturated rings. The van der Waals surface area contributed by atoms with Crippen LogP contribution < -0.4 is 10.1 Å². The summed E-state index contributed by atoms with van der Waals surface area (Å²) in [6.45, 7) is 0.710. The molecule has 0 aliphatic heterocycles. The molecule has 2 atom stereocenters. The quantitative estimate of drug-likeness (QED) is 0.927. The van der Waals surface area contributed by atoms with Gasteiger partial charge in [0.05, 0.1) is 5.56 Å². The molecule has 1 aliphatic carbocycles. The Bertz CT molecular complexity index is 503. The predicted molar refractivity (Wildman–Crippen MR) is 74.7 cm³/mol. The normalized spacial score (nSPS) is 22.2. The fourth-order valence-corrected chi connectivity index (χ4v) is 2.54. The highest BCUT2D eigenvalue weighted by molar-refractivity contribution is 5.94. The number of aromatic nitrogens is 1. The van der Waals surface area contributed by atoms with E-state index in [0.29, 0.717) is 11.5 Å². The summed E-state index contributed by atoms with van der Waals surface area (Å²) in [5.74, 6) is 0.0218. The Morgan fingerprint density at radius 2 is 2.09 bits per heavy atom. The molecule has 7 heteroatoms. The molecule has 1 N–H and O–H groups in total. The number of amides is 1. The molecule has 0 radical (unpaired) electrons. The van der Waals surface area contributed by atoms with Crippen LogP contribution in [-0.4, -0.2) is 29.7 Å². The zero-order chi connectivity index (χ0) is 16.2. The van der Waals surface area contributed by atoms with Gasteiger partial charge in [0.2, 0.25) is 5.88 Å². The molecule has 0 aromatic carbocycles. The Labute approximate surface area is 127 Å². The predicted octanol–water partition coefficient (Wildman–Crippen LogP) is 3.33. The van der Waals surface area contributed by atoms with Gasteiger partial charge in [-0.1, -0.05) is 19.8 Å². The summed E-state index contributed by atoms with van der Waals surface area (Å²) in [7, 11) is 0. The van der Waals surface area contributed by atoms with E-state index < -0.39 is 12.8 Å². The van der Waals surface area contributed by atoms with Crippen LogP contribution in [0.5, 0.6) is 5.88 Å². The van der Waals surface area contributed by atoms with Gasteiger partial charge in [-0.05, 0) is 24.8 Å². The SMILES string of the molecule is CC1CCCCC1NC(=O)c1ccc(OCC(F)(F)F)nc1. The highest BCUT2D eigenvalue weighted by Crippen LogP contribution is 2.24. The van der Waals surface area contributed by atoms with Crippen LogP contribution in [0.2, 0.25) is 0 Å². The number of ether oxygens (including phenoxy) is 1. The van der Waals surface area contributed by atoms with E-state index in [0.717, 1.165) is 19.3 Å². The monoisotopic (exact) mass is 316 g/mol. The molecule has 1 aliphatic rings. The Balaban J connectivity index is 1.90. The highest BCUT2D eigenvalue weighted by Gasteiger charge is 2.28. The van der Waals surface area contributed by atoms with Gasteiger partial charge in [-0.15, -0.1) is 0 Å².